The molecule has 166 valence electrons. The van der Waals surface area contributed by atoms with Crippen LogP contribution in [0.2, 0.25) is 0 Å². The minimum atomic E-state index is -0.0841. The van der Waals surface area contributed by atoms with E-state index in [0.717, 1.165) is 52.0 Å². The van der Waals surface area contributed by atoms with E-state index in [1.165, 1.54) is 5.56 Å². The van der Waals surface area contributed by atoms with Crippen molar-refractivity contribution in [2.45, 2.75) is 64.7 Å². The van der Waals surface area contributed by atoms with Crippen LogP contribution >= 0.6 is 24.8 Å². The number of nitrogens with two attached hydrogens (primary N) is 1. The largest absolute Gasteiger partial charge is 0.352 e. The summed E-state index contributed by atoms with van der Waals surface area (Å²) in [6.07, 6.45) is 3.02. The molecule has 2 atom stereocenters. The first kappa shape index (κ1) is 26.2. The van der Waals surface area contributed by atoms with E-state index >= 15 is 0 Å². The molecule has 2 aliphatic rings. The number of rotatable bonds is 5. The second-order valence-electron chi connectivity index (χ2n) is 9.07. The van der Waals surface area contributed by atoms with E-state index in [9.17, 15) is 4.79 Å². The summed E-state index contributed by atoms with van der Waals surface area (Å²) < 4.78 is 0. The van der Waals surface area contributed by atoms with E-state index in [-0.39, 0.29) is 48.2 Å². The second-order valence-corrected chi connectivity index (χ2v) is 9.07. The maximum absolute atomic E-state index is 12.8. The zero-order valence-corrected chi connectivity index (χ0v) is 19.6. The first-order valence-corrected chi connectivity index (χ1v) is 10.4. The normalized spacial score (nSPS) is 24.1. The van der Waals surface area contributed by atoms with Crippen LogP contribution in [0.15, 0.2) is 30.3 Å². The Morgan fingerprint density at radius 3 is 2.34 bits per heavy atom. The van der Waals surface area contributed by atoms with Gasteiger partial charge in [0.05, 0.1) is 6.04 Å². The second kappa shape index (κ2) is 11.5. The number of hydrogen-bond donors (Lipinski definition) is 2. The predicted molar refractivity (Wildman–Crippen MR) is 125 cm³/mol. The molecule has 5 nitrogen and oxygen atoms in total. The van der Waals surface area contributed by atoms with Gasteiger partial charge in [-0.3, -0.25) is 14.6 Å². The fourth-order valence-electron chi connectivity index (χ4n) is 4.31. The lowest BCUT2D eigenvalue weighted by Crippen LogP contribution is -2.58. The number of halogens is 2. The Balaban J connectivity index is 0.00000210. The monoisotopic (exact) mass is 444 g/mol. The highest BCUT2D eigenvalue weighted by molar-refractivity contribution is 5.85. The Bertz CT molecular complexity index is 620. The molecule has 7 heteroatoms. The van der Waals surface area contributed by atoms with Crippen LogP contribution in [0.1, 0.15) is 45.6 Å². The lowest BCUT2D eigenvalue weighted by atomic mass is 9.79. The number of carbonyl (C=O) groups excluding carboxylic acids is 1. The average Bonchev–Trinajstić information content (AvgIpc) is 2.65. The molecule has 0 aromatic heterocycles. The molecule has 2 saturated heterocycles. The average molecular weight is 445 g/mol. The van der Waals surface area contributed by atoms with Crippen LogP contribution in [0.5, 0.6) is 0 Å². The number of hydrogen-bond acceptors (Lipinski definition) is 4. The molecular weight excluding hydrogens is 407 g/mol. The lowest BCUT2D eigenvalue weighted by molar-refractivity contribution is -0.128. The van der Waals surface area contributed by atoms with E-state index in [1.807, 2.05) is 6.92 Å². The van der Waals surface area contributed by atoms with Crippen molar-refractivity contribution in [2.75, 3.05) is 26.2 Å². The molecule has 1 amide bonds. The van der Waals surface area contributed by atoms with Gasteiger partial charge in [0.2, 0.25) is 5.91 Å². The number of nitrogens with one attached hydrogen (secondary N) is 1. The van der Waals surface area contributed by atoms with Gasteiger partial charge in [0.25, 0.3) is 0 Å². The summed E-state index contributed by atoms with van der Waals surface area (Å²) >= 11 is 0. The smallest absolute Gasteiger partial charge is 0.237 e. The van der Waals surface area contributed by atoms with Crippen LogP contribution < -0.4 is 11.1 Å². The van der Waals surface area contributed by atoms with Crippen molar-refractivity contribution in [3.8, 4) is 0 Å². The van der Waals surface area contributed by atoms with Gasteiger partial charge >= 0.3 is 0 Å². The van der Waals surface area contributed by atoms with Gasteiger partial charge in [0.1, 0.15) is 0 Å². The Morgan fingerprint density at radius 2 is 1.76 bits per heavy atom. The Morgan fingerprint density at radius 1 is 1.14 bits per heavy atom. The predicted octanol–water partition coefficient (Wildman–Crippen LogP) is 3.06. The molecule has 1 aromatic carbocycles. The molecule has 0 saturated carbocycles. The molecule has 29 heavy (non-hydrogen) atoms. The molecule has 2 aliphatic heterocycles. The number of carbonyl (C=O) groups is 1. The third kappa shape index (κ3) is 7.11. The van der Waals surface area contributed by atoms with Crippen molar-refractivity contribution in [2.24, 2.45) is 11.1 Å². The first-order chi connectivity index (χ1) is 12.8. The van der Waals surface area contributed by atoms with E-state index < -0.39 is 0 Å². The van der Waals surface area contributed by atoms with E-state index in [4.69, 9.17) is 5.73 Å². The Kier molecular flexibility index (Phi) is 10.4. The molecule has 1 aromatic rings. The van der Waals surface area contributed by atoms with Crippen molar-refractivity contribution in [1.82, 2.24) is 15.1 Å². The van der Waals surface area contributed by atoms with E-state index in [0.29, 0.717) is 6.04 Å². The number of benzene rings is 1. The van der Waals surface area contributed by atoms with Crippen molar-refractivity contribution < 1.29 is 4.79 Å². The van der Waals surface area contributed by atoms with Crippen LogP contribution in [-0.4, -0.2) is 60.0 Å². The van der Waals surface area contributed by atoms with Gasteiger partial charge in [-0.25, -0.2) is 0 Å². The lowest BCUT2D eigenvalue weighted by Gasteiger charge is -2.44. The highest BCUT2D eigenvalue weighted by Crippen LogP contribution is 2.28. The van der Waals surface area contributed by atoms with E-state index in [2.05, 4.69) is 59.3 Å². The van der Waals surface area contributed by atoms with Crippen molar-refractivity contribution in [3.63, 3.8) is 0 Å². The van der Waals surface area contributed by atoms with Gasteiger partial charge in [-0.05, 0) is 37.2 Å². The number of piperidine rings is 2. The fraction of sp³-hybridized carbons (Fsp3) is 0.682. The number of amides is 1. The summed E-state index contributed by atoms with van der Waals surface area (Å²) in [5, 5.41) is 3.30. The highest BCUT2D eigenvalue weighted by atomic mass is 35.5. The highest BCUT2D eigenvalue weighted by Gasteiger charge is 2.37. The zero-order chi connectivity index (χ0) is 19.4. The zero-order valence-electron chi connectivity index (χ0n) is 18.0. The number of nitrogens with zero attached hydrogens (tertiary/aromatic N) is 2. The van der Waals surface area contributed by atoms with Gasteiger partial charge in [-0.1, -0.05) is 44.2 Å². The van der Waals surface area contributed by atoms with Gasteiger partial charge in [-0.15, -0.1) is 24.8 Å². The molecule has 0 aliphatic carbocycles. The van der Waals surface area contributed by atoms with Crippen LogP contribution in [0, 0.1) is 5.41 Å². The molecule has 3 rings (SSSR count). The van der Waals surface area contributed by atoms with Gasteiger partial charge in [0, 0.05) is 44.8 Å². The summed E-state index contributed by atoms with van der Waals surface area (Å²) in [5.41, 5.74) is 7.66. The fourth-order valence-corrected chi connectivity index (χ4v) is 4.31. The van der Waals surface area contributed by atoms with Gasteiger partial charge in [0.15, 0.2) is 0 Å². The number of likely N-dealkylation sites (tertiary alicyclic amines) is 2. The molecule has 3 N–H and O–H groups in total. The molecule has 2 heterocycles. The standard InChI is InChI=1S/C22H36N4O.2ClH/c1-17(26-14-11-20(23)22(2,3)16-26)21(27)24-19-9-12-25(13-10-19)15-18-7-5-4-6-8-18;;/h4-8,17,19-20H,9-16,23H2,1-3H3,(H,24,27);2*1H. The summed E-state index contributed by atoms with van der Waals surface area (Å²) in [5.74, 6) is 0.169. The molecular formula is C22H38Cl2N4O. The Hall–Kier alpha value is -0.850. The summed E-state index contributed by atoms with van der Waals surface area (Å²) in [4.78, 5) is 17.6. The maximum Gasteiger partial charge on any atom is 0.237 e. The topological polar surface area (TPSA) is 61.6 Å². The Labute approximate surface area is 188 Å². The van der Waals surface area contributed by atoms with Crippen LogP contribution in [0.25, 0.3) is 0 Å². The molecule has 2 fully saturated rings. The third-order valence-corrected chi connectivity index (χ3v) is 6.45. The van der Waals surface area contributed by atoms with E-state index in [1.54, 1.807) is 0 Å². The van der Waals surface area contributed by atoms with Crippen LogP contribution in [-0.2, 0) is 11.3 Å². The van der Waals surface area contributed by atoms with Crippen molar-refractivity contribution in [3.05, 3.63) is 35.9 Å². The minimum Gasteiger partial charge on any atom is -0.352 e. The van der Waals surface area contributed by atoms with Crippen LogP contribution in [0.4, 0.5) is 0 Å². The van der Waals surface area contributed by atoms with Gasteiger partial charge < -0.3 is 11.1 Å². The summed E-state index contributed by atoms with van der Waals surface area (Å²) in [6.45, 7) is 11.3. The quantitative estimate of drug-likeness (QED) is 0.732. The molecule has 0 bridgehead atoms. The maximum atomic E-state index is 12.8. The SMILES string of the molecule is CC(C(=O)NC1CCN(Cc2ccccc2)CC1)N1CCC(N)C(C)(C)C1.Cl.Cl. The van der Waals surface area contributed by atoms with Gasteiger partial charge in [-0.2, -0.15) is 0 Å². The summed E-state index contributed by atoms with van der Waals surface area (Å²) in [6, 6.07) is 11.0. The molecule has 2 unspecified atom stereocenters. The first-order valence-electron chi connectivity index (χ1n) is 10.4. The molecule has 0 spiro atoms. The van der Waals surface area contributed by atoms with Crippen molar-refractivity contribution >= 4 is 30.7 Å². The van der Waals surface area contributed by atoms with Crippen molar-refractivity contribution in [1.29, 1.82) is 0 Å². The third-order valence-electron chi connectivity index (χ3n) is 6.45. The summed E-state index contributed by atoms with van der Waals surface area (Å²) in [7, 11) is 0. The van der Waals surface area contributed by atoms with Crippen LogP contribution in [0.3, 0.4) is 0 Å². The molecule has 0 radical (unpaired) electrons. The minimum absolute atomic E-state index is 0.